The third-order valence-corrected chi connectivity index (χ3v) is 2.79. The van der Waals surface area contributed by atoms with E-state index in [-0.39, 0.29) is 6.42 Å². The van der Waals surface area contributed by atoms with Gasteiger partial charge in [-0.2, -0.15) is 0 Å². The molecular formula is C14H14N2O2. The van der Waals surface area contributed by atoms with Gasteiger partial charge in [-0.05, 0) is 11.6 Å². The van der Waals surface area contributed by atoms with Gasteiger partial charge in [-0.15, -0.1) is 0 Å². The van der Waals surface area contributed by atoms with E-state index < -0.39 is 5.97 Å². The van der Waals surface area contributed by atoms with Crippen molar-refractivity contribution in [2.45, 2.75) is 6.42 Å². The summed E-state index contributed by atoms with van der Waals surface area (Å²) in [6.07, 6.45) is -0.0909. The fraction of sp³-hybridized carbons (Fsp3) is 0.0714. The predicted molar refractivity (Wildman–Crippen MR) is 72.0 cm³/mol. The molecule has 0 aromatic heterocycles. The van der Waals surface area contributed by atoms with E-state index in [0.29, 0.717) is 16.9 Å². The molecule has 0 radical (unpaired) electrons. The molecule has 4 heteroatoms. The minimum absolute atomic E-state index is 0.0909. The maximum atomic E-state index is 10.8. The lowest BCUT2D eigenvalue weighted by atomic mass is 9.98. The van der Waals surface area contributed by atoms with Crippen molar-refractivity contribution in [2.75, 3.05) is 11.5 Å². The Morgan fingerprint density at radius 3 is 2.33 bits per heavy atom. The Kier molecular flexibility index (Phi) is 3.19. The van der Waals surface area contributed by atoms with Gasteiger partial charge in [0, 0.05) is 22.5 Å². The summed E-state index contributed by atoms with van der Waals surface area (Å²) in [7, 11) is 0. The molecule has 5 N–H and O–H groups in total. The van der Waals surface area contributed by atoms with Gasteiger partial charge in [-0.3, -0.25) is 4.79 Å². The molecule has 0 aliphatic rings. The van der Waals surface area contributed by atoms with Gasteiger partial charge >= 0.3 is 5.97 Å². The van der Waals surface area contributed by atoms with Crippen molar-refractivity contribution in [2.24, 2.45) is 0 Å². The van der Waals surface area contributed by atoms with Crippen molar-refractivity contribution < 1.29 is 9.90 Å². The summed E-state index contributed by atoms with van der Waals surface area (Å²) >= 11 is 0. The van der Waals surface area contributed by atoms with Crippen LogP contribution in [0, 0.1) is 0 Å². The van der Waals surface area contributed by atoms with Gasteiger partial charge in [-0.1, -0.05) is 36.4 Å². The second-order valence-corrected chi connectivity index (χ2v) is 4.04. The van der Waals surface area contributed by atoms with Gasteiger partial charge in [0.05, 0.1) is 6.42 Å². The lowest BCUT2D eigenvalue weighted by molar-refractivity contribution is -0.136. The number of aliphatic carboxylic acids is 1. The Bertz CT molecular complexity index is 594. The summed E-state index contributed by atoms with van der Waals surface area (Å²) in [5.41, 5.74) is 15.2. The Labute approximate surface area is 105 Å². The average Bonchev–Trinajstić information content (AvgIpc) is 2.32. The van der Waals surface area contributed by atoms with Crippen molar-refractivity contribution in [1.29, 1.82) is 0 Å². The fourth-order valence-electron chi connectivity index (χ4n) is 1.91. The molecule has 0 spiro atoms. The number of anilines is 2. The highest BCUT2D eigenvalue weighted by atomic mass is 16.4. The second kappa shape index (κ2) is 4.79. The van der Waals surface area contributed by atoms with Crippen LogP contribution < -0.4 is 11.5 Å². The number of nitrogens with two attached hydrogens (primary N) is 2. The molecular weight excluding hydrogens is 228 g/mol. The van der Waals surface area contributed by atoms with Crippen molar-refractivity contribution in [3.8, 4) is 11.1 Å². The molecule has 0 heterocycles. The number of hydrogen-bond donors (Lipinski definition) is 3. The van der Waals surface area contributed by atoms with Gasteiger partial charge in [-0.25, -0.2) is 0 Å². The van der Waals surface area contributed by atoms with Gasteiger partial charge in [0.25, 0.3) is 0 Å². The number of rotatable bonds is 3. The Balaban J connectivity index is 2.53. The molecule has 2 rings (SSSR count). The van der Waals surface area contributed by atoms with E-state index in [1.165, 1.54) is 0 Å². The molecule has 0 atom stereocenters. The Morgan fingerprint density at radius 2 is 1.67 bits per heavy atom. The first-order chi connectivity index (χ1) is 8.59. The first kappa shape index (κ1) is 12.0. The van der Waals surface area contributed by atoms with Crippen LogP contribution in [0.5, 0.6) is 0 Å². The summed E-state index contributed by atoms with van der Waals surface area (Å²) in [5, 5.41) is 8.83. The van der Waals surface area contributed by atoms with Crippen molar-refractivity contribution in [1.82, 2.24) is 0 Å². The number of carboxylic acids is 1. The zero-order valence-corrected chi connectivity index (χ0v) is 9.76. The molecule has 2 aromatic rings. The van der Waals surface area contributed by atoms with Crippen LogP contribution >= 0.6 is 0 Å². The third kappa shape index (κ3) is 2.27. The van der Waals surface area contributed by atoms with E-state index in [0.717, 1.165) is 11.1 Å². The first-order valence-electron chi connectivity index (χ1n) is 5.53. The van der Waals surface area contributed by atoms with Crippen molar-refractivity contribution in [3.05, 3.63) is 48.0 Å². The maximum Gasteiger partial charge on any atom is 0.307 e. The van der Waals surface area contributed by atoms with Crippen LogP contribution in [-0.2, 0) is 11.2 Å². The van der Waals surface area contributed by atoms with Crippen LogP contribution in [-0.4, -0.2) is 11.1 Å². The van der Waals surface area contributed by atoms with E-state index in [2.05, 4.69) is 0 Å². The highest BCUT2D eigenvalue weighted by Gasteiger charge is 2.11. The third-order valence-electron chi connectivity index (χ3n) is 2.79. The van der Waals surface area contributed by atoms with Crippen LogP contribution in [0.1, 0.15) is 5.56 Å². The number of carboxylic acid groups (broad SMARTS) is 1. The minimum atomic E-state index is -0.903. The smallest absolute Gasteiger partial charge is 0.307 e. The van der Waals surface area contributed by atoms with Crippen molar-refractivity contribution in [3.63, 3.8) is 0 Å². The molecule has 0 fully saturated rings. The van der Waals surface area contributed by atoms with Crippen molar-refractivity contribution >= 4 is 17.3 Å². The molecule has 0 amide bonds. The number of hydrogen-bond acceptors (Lipinski definition) is 3. The van der Waals surface area contributed by atoms with Gasteiger partial charge in [0.2, 0.25) is 0 Å². The Hall–Kier alpha value is -2.49. The van der Waals surface area contributed by atoms with Crippen LogP contribution in [0.2, 0.25) is 0 Å². The number of para-hydroxylation sites is 2. The summed E-state index contributed by atoms with van der Waals surface area (Å²) in [4.78, 5) is 10.8. The second-order valence-electron chi connectivity index (χ2n) is 4.04. The summed E-state index contributed by atoms with van der Waals surface area (Å²) < 4.78 is 0. The largest absolute Gasteiger partial charge is 0.481 e. The van der Waals surface area contributed by atoms with Gasteiger partial charge in [0.1, 0.15) is 0 Å². The number of benzene rings is 2. The van der Waals surface area contributed by atoms with E-state index >= 15 is 0 Å². The van der Waals surface area contributed by atoms with Gasteiger partial charge < -0.3 is 16.6 Å². The zero-order valence-electron chi connectivity index (χ0n) is 9.76. The Morgan fingerprint density at radius 1 is 1.00 bits per heavy atom. The zero-order chi connectivity index (χ0) is 13.1. The van der Waals surface area contributed by atoms with E-state index in [4.69, 9.17) is 16.6 Å². The first-order valence-corrected chi connectivity index (χ1v) is 5.53. The highest BCUT2D eigenvalue weighted by Crippen LogP contribution is 2.32. The normalized spacial score (nSPS) is 10.2. The molecule has 0 aliphatic carbocycles. The minimum Gasteiger partial charge on any atom is -0.481 e. The highest BCUT2D eigenvalue weighted by molar-refractivity contribution is 5.87. The summed E-state index contributed by atoms with van der Waals surface area (Å²) in [6.45, 7) is 0. The summed E-state index contributed by atoms with van der Waals surface area (Å²) in [6, 6.07) is 12.7. The maximum absolute atomic E-state index is 10.8. The molecule has 2 aromatic carbocycles. The predicted octanol–water partition coefficient (Wildman–Crippen LogP) is 2.15. The topological polar surface area (TPSA) is 89.3 Å². The van der Waals surface area contributed by atoms with E-state index in [1.54, 1.807) is 18.2 Å². The lowest BCUT2D eigenvalue weighted by Gasteiger charge is -2.11. The quantitative estimate of drug-likeness (QED) is 0.719. The average molecular weight is 242 g/mol. The van der Waals surface area contributed by atoms with Crippen LogP contribution in [0.15, 0.2) is 42.5 Å². The van der Waals surface area contributed by atoms with Crippen LogP contribution in [0.25, 0.3) is 11.1 Å². The molecule has 0 bridgehead atoms. The molecule has 18 heavy (non-hydrogen) atoms. The fourth-order valence-corrected chi connectivity index (χ4v) is 1.91. The van der Waals surface area contributed by atoms with Gasteiger partial charge in [0.15, 0.2) is 0 Å². The lowest BCUT2D eigenvalue weighted by Crippen LogP contribution is -2.05. The summed E-state index contributed by atoms with van der Waals surface area (Å²) in [5.74, 6) is -0.903. The molecule has 4 nitrogen and oxygen atoms in total. The van der Waals surface area contributed by atoms with Crippen LogP contribution in [0.3, 0.4) is 0 Å². The van der Waals surface area contributed by atoms with E-state index in [9.17, 15) is 4.79 Å². The number of carbonyl (C=O) groups is 1. The number of nitrogen functional groups attached to an aromatic ring is 2. The SMILES string of the molecule is Nc1ccccc1-c1cccc(CC(=O)O)c1N. The standard InChI is InChI=1S/C14H14N2O2/c15-12-7-2-1-5-10(12)11-6-3-4-9(14(11)16)8-13(17)18/h1-7H,8,15-16H2,(H,17,18). The van der Waals surface area contributed by atoms with E-state index in [1.807, 2.05) is 24.3 Å². The molecule has 92 valence electrons. The molecule has 0 saturated heterocycles. The molecule has 0 unspecified atom stereocenters. The molecule has 0 aliphatic heterocycles. The van der Waals surface area contributed by atoms with Crippen LogP contribution in [0.4, 0.5) is 11.4 Å². The molecule has 0 saturated carbocycles. The monoisotopic (exact) mass is 242 g/mol.